The Kier molecular flexibility index (Phi) is 5.08. The molecule has 1 aromatic heterocycles. The molecule has 1 aliphatic rings. The first-order valence-corrected chi connectivity index (χ1v) is 8.28. The van der Waals surface area contributed by atoms with Crippen LogP contribution in [-0.4, -0.2) is 40.4 Å². The van der Waals surface area contributed by atoms with Crippen molar-refractivity contribution in [3.63, 3.8) is 0 Å². The molecule has 23 heavy (non-hydrogen) atoms. The highest BCUT2D eigenvalue weighted by Crippen LogP contribution is 2.18. The van der Waals surface area contributed by atoms with E-state index in [1.807, 2.05) is 37.3 Å². The van der Waals surface area contributed by atoms with E-state index >= 15 is 0 Å². The number of hydrogen-bond donors (Lipinski definition) is 2. The van der Waals surface area contributed by atoms with Crippen LogP contribution in [0.4, 0.5) is 0 Å². The SMILES string of the molecule is CC=CCC(=O)NCC1CCN(Cc2nc3ccccc3[nH]2)C1. The quantitative estimate of drug-likeness (QED) is 0.806. The molecule has 2 heterocycles. The zero-order chi connectivity index (χ0) is 16.1. The lowest BCUT2D eigenvalue weighted by molar-refractivity contribution is -0.120. The Balaban J connectivity index is 1.47. The molecule has 0 radical (unpaired) electrons. The van der Waals surface area contributed by atoms with Crippen LogP contribution in [0.3, 0.4) is 0 Å². The lowest BCUT2D eigenvalue weighted by Crippen LogP contribution is -2.30. The molecule has 5 heteroatoms. The molecule has 2 N–H and O–H groups in total. The van der Waals surface area contributed by atoms with E-state index in [1.54, 1.807) is 0 Å². The number of imidazole rings is 1. The van der Waals surface area contributed by atoms with Crippen LogP contribution in [-0.2, 0) is 11.3 Å². The van der Waals surface area contributed by atoms with E-state index in [2.05, 4.69) is 26.3 Å². The van der Waals surface area contributed by atoms with Crippen molar-refractivity contribution >= 4 is 16.9 Å². The standard InChI is InChI=1S/C18H24N4O/c1-2-3-8-18(23)19-11-14-9-10-22(12-14)13-17-20-15-6-4-5-7-16(15)21-17/h2-7,14H,8-13H2,1H3,(H,19,23)(H,20,21). The van der Waals surface area contributed by atoms with E-state index in [4.69, 9.17) is 0 Å². The molecule has 0 saturated carbocycles. The van der Waals surface area contributed by atoms with Crippen LogP contribution in [0.15, 0.2) is 36.4 Å². The van der Waals surface area contributed by atoms with Gasteiger partial charge in [-0.15, -0.1) is 0 Å². The van der Waals surface area contributed by atoms with Crippen molar-refractivity contribution in [2.75, 3.05) is 19.6 Å². The fourth-order valence-corrected chi connectivity index (χ4v) is 3.07. The number of rotatable bonds is 6. The van der Waals surface area contributed by atoms with Crippen LogP contribution in [0.2, 0.25) is 0 Å². The van der Waals surface area contributed by atoms with Crippen LogP contribution < -0.4 is 5.32 Å². The van der Waals surface area contributed by atoms with E-state index in [9.17, 15) is 4.79 Å². The van der Waals surface area contributed by atoms with Crippen molar-refractivity contribution in [3.05, 3.63) is 42.2 Å². The summed E-state index contributed by atoms with van der Waals surface area (Å²) in [5.41, 5.74) is 2.11. The van der Waals surface area contributed by atoms with Gasteiger partial charge in [0, 0.05) is 19.5 Å². The molecular weight excluding hydrogens is 288 g/mol. The molecular formula is C18H24N4O. The summed E-state index contributed by atoms with van der Waals surface area (Å²) < 4.78 is 0. The Morgan fingerprint density at radius 2 is 2.35 bits per heavy atom. The van der Waals surface area contributed by atoms with E-state index in [1.165, 1.54) is 0 Å². The first-order chi connectivity index (χ1) is 11.2. The lowest BCUT2D eigenvalue weighted by atomic mass is 10.1. The van der Waals surface area contributed by atoms with Gasteiger partial charge in [-0.25, -0.2) is 4.98 Å². The number of aromatic nitrogens is 2. The molecule has 1 fully saturated rings. The normalized spacial score (nSPS) is 18.9. The maximum atomic E-state index is 11.6. The van der Waals surface area contributed by atoms with Gasteiger partial charge in [0.2, 0.25) is 5.91 Å². The van der Waals surface area contributed by atoms with Crippen molar-refractivity contribution in [1.82, 2.24) is 20.2 Å². The second-order valence-corrected chi connectivity index (χ2v) is 6.17. The van der Waals surface area contributed by atoms with Crippen molar-refractivity contribution < 1.29 is 4.79 Å². The van der Waals surface area contributed by atoms with E-state index < -0.39 is 0 Å². The van der Waals surface area contributed by atoms with Gasteiger partial charge in [0.15, 0.2) is 0 Å². The number of hydrogen-bond acceptors (Lipinski definition) is 3. The Morgan fingerprint density at radius 1 is 1.48 bits per heavy atom. The molecule has 1 amide bonds. The Morgan fingerprint density at radius 3 is 3.17 bits per heavy atom. The number of carbonyl (C=O) groups excluding carboxylic acids is 1. The average Bonchev–Trinajstić information content (AvgIpc) is 3.17. The van der Waals surface area contributed by atoms with Crippen molar-refractivity contribution in [2.24, 2.45) is 5.92 Å². The fraction of sp³-hybridized carbons (Fsp3) is 0.444. The second kappa shape index (κ2) is 7.42. The number of carbonyl (C=O) groups is 1. The predicted molar refractivity (Wildman–Crippen MR) is 91.9 cm³/mol. The summed E-state index contributed by atoms with van der Waals surface area (Å²) in [6, 6.07) is 8.11. The molecule has 0 bridgehead atoms. The topological polar surface area (TPSA) is 61.0 Å². The number of nitrogens with one attached hydrogen (secondary N) is 2. The Labute approximate surface area is 136 Å². The van der Waals surface area contributed by atoms with E-state index in [-0.39, 0.29) is 5.91 Å². The van der Waals surface area contributed by atoms with E-state index in [0.29, 0.717) is 12.3 Å². The third kappa shape index (κ3) is 4.20. The highest BCUT2D eigenvalue weighted by Gasteiger charge is 2.23. The molecule has 2 aromatic rings. The number of aromatic amines is 1. The predicted octanol–water partition coefficient (Wildman–Crippen LogP) is 2.47. The van der Waals surface area contributed by atoms with Gasteiger partial charge in [-0.3, -0.25) is 9.69 Å². The van der Waals surface area contributed by atoms with Gasteiger partial charge in [0.1, 0.15) is 5.82 Å². The third-order valence-corrected chi connectivity index (χ3v) is 4.31. The summed E-state index contributed by atoms with van der Waals surface area (Å²) in [4.78, 5) is 22.1. The van der Waals surface area contributed by atoms with Gasteiger partial charge in [0.05, 0.1) is 17.6 Å². The molecule has 1 atom stereocenters. The van der Waals surface area contributed by atoms with E-state index in [0.717, 1.165) is 49.5 Å². The first kappa shape index (κ1) is 15.7. The second-order valence-electron chi connectivity index (χ2n) is 6.17. The summed E-state index contributed by atoms with van der Waals surface area (Å²) >= 11 is 0. The number of likely N-dealkylation sites (tertiary alicyclic amines) is 1. The van der Waals surface area contributed by atoms with Crippen molar-refractivity contribution in [3.8, 4) is 0 Å². The van der Waals surface area contributed by atoms with Gasteiger partial charge < -0.3 is 10.3 Å². The fourth-order valence-electron chi connectivity index (χ4n) is 3.07. The zero-order valence-electron chi connectivity index (χ0n) is 13.6. The summed E-state index contributed by atoms with van der Waals surface area (Å²) in [5, 5.41) is 3.03. The molecule has 3 rings (SSSR count). The number of nitrogens with zero attached hydrogens (tertiary/aromatic N) is 2. The van der Waals surface area contributed by atoms with Crippen molar-refractivity contribution in [1.29, 1.82) is 0 Å². The minimum absolute atomic E-state index is 0.110. The van der Waals surface area contributed by atoms with Gasteiger partial charge in [-0.2, -0.15) is 0 Å². The van der Waals surface area contributed by atoms with Crippen molar-refractivity contribution in [2.45, 2.75) is 26.3 Å². The average molecular weight is 312 g/mol. The Hall–Kier alpha value is -2.14. The number of benzene rings is 1. The summed E-state index contributed by atoms with van der Waals surface area (Å²) in [5.74, 6) is 1.66. The molecule has 0 spiro atoms. The largest absolute Gasteiger partial charge is 0.356 e. The highest BCUT2D eigenvalue weighted by atomic mass is 16.1. The van der Waals surface area contributed by atoms with Crippen LogP contribution in [0.5, 0.6) is 0 Å². The molecule has 5 nitrogen and oxygen atoms in total. The molecule has 1 saturated heterocycles. The highest BCUT2D eigenvalue weighted by molar-refractivity contribution is 5.77. The van der Waals surface area contributed by atoms with Crippen LogP contribution >= 0.6 is 0 Å². The lowest BCUT2D eigenvalue weighted by Gasteiger charge is -2.14. The Bertz CT molecular complexity index is 658. The molecule has 1 aromatic carbocycles. The molecule has 1 aliphatic heterocycles. The minimum Gasteiger partial charge on any atom is -0.356 e. The summed E-state index contributed by atoms with van der Waals surface area (Å²) in [6.07, 6.45) is 5.40. The monoisotopic (exact) mass is 312 g/mol. The maximum Gasteiger partial charge on any atom is 0.223 e. The first-order valence-electron chi connectivity index (χ1n) is 8.28. The van der Waals surface area contributed by atoms with Crippen LogP contribution in [0.25, 0.3) is 11.0 Å². The van der Waals surface area contributed by atoms with Crippen LogP contribution in [0, 0.1) is 5.92 Å². The van der Waals surface area contributed by atoms with Gasteiger partial charge in [-0.05, 0) is 37.9 Å². The van der Waals surface area contributed by atoms with Crippen LogP contribution in [0.1, 0.15) is 25.6 Å². The van der Waals surface area contributed by atoms with Gasteiger partial charge in [-0.1, -0.05) is 24.3 Å². The molecule has 0 aliphatic carbocycles. The number of para-hydroxylation sites is 2. The maximum absolute atomic E-state index is 11.6. The zero-order valence-corrected chi connectivity index (χ0v) is 13.6. The smallest absolute Gasteiger partial charge is 0.223 e. The number of amides is 1. The molecule has 1 unspecified atom stereocenters. The summed E-state index contributed by atoms with van der Waals surface area (Å²) in [6.45, 7) is 5.62. The summed E-state index contributed by atoms with van der Waals surface area (Å²) in [7, 11) is 0. The van der Waals surface area contributed by atoms with Gasteiger partial charge >= 0.3 is 0 Å². The molecule has 122 valence electrons. The number of allylic oxidation sites excluding steroid dienone is 1. The number of H-pyrrole nitrogens is 1. The minimum atomic E-state index is 0.110. The third-order valence-electron chi connectivity index (χ3n) is 4.31. The van der Waals surface area contributed by atoms with Gasteiger partial charge in [0.25, 0.3) is 0 Å². The number of fused-ring (bicyclic) bond motifs is 1.